The van der Waals surface area contributed by atoms with Crippen LogP contribution in [0.1, 0.15) is 6.92 Å². The quantitative estimate of drug-likeness (QED) is 0.546. The monoisotopic (exact) mass is 360 g/mol. The fourth-order valence-corrected chi connectivity index (χ4v) is 2.81. The van der Waals surface area contributed by atoms with Crippen LogP contribution in [0.15, 0.2) is 24.3 Å². The van der Waals surface area contributed by atoms with Crippen LogP contribution in [0.2, 0.25) is 0 Å². The second kappa shape index (κ2) is 6.47. The summed E-state index contributed by atoms with van der Waals surface area (Å²) in [5.74, 6) is -3.14. The van der Waals surface area contributed by atoms with Crippen LogP contribution in [0.25, 0.3) is 0 Å². The number of rotatable bonds is 4. The maximum Gasteiger partial charge on any atom is 0.334 e. The summed E-state index contributed by atoms with van der Waals surface area (Å²) in [6.07, 6.45) is -1.06. The number of nitrogens with zero attached hydrogens (tertiary/aromatic N) is 3. The van der Waals surface area contributed by atoms with Gasteiger partial charge in [-0.3, -0.25) is 24.1 Å². The van der Waals surface area contributed by atoms with E-state index in [-0.39, 0.29) is 18.8 Å². The van der Waals surface area contributed by atoms with Gasteiger partial charge in [0, 0.05) is 6.54 Å². The SMILES string of the molecule is CCN1C(=O)C(=O)N(CC(=O)N2CC(C(N)=O)Oc3ccccc32)C1=O. The zero-order valence-electron chi connectivity index (χ0n) is 13.9. The van der Waals surface area contributed by atoms with Crippen molar-refractivity contribution in [3.05, 3.63) is 24.3 Å². The Kier molecular flexibility index (Phi) is 4.33. The summed E-state index contributed by atoms with van der Waals surface area (Å²) in [5.41, 5.74) is 5.66. The van der Waals surface area contributed by atoms with E-state index >= 15 is 0 Å². The standard InChI is InChI=1S/C16H16N4O6/c1-2-18-14(23)15(24)20(16(18)25)8-12(21)19-7-11(13(17)22)26-10-6-4-3-5-9(10)19/h3-6,11H,2,7-8H2,1H3,(H2,17,22). The molecule has 1 unspecified atom stereocenters. The number of benzene rings is 1. The molecule has 2 aliphatic heterocycles. The molecule has 2 N–H and O–H groups in total. The highest BCUT2D eigenvalue weighted by molar-refractivity contribution is 6.45. The molecule has 0 radical (unpaired) electrons. The Bertz CT molecular complexity index is 823. The van der Waals surface area contributed by atoms with Gasteiger partial charge < -0.3 is 15.4 Å². The molecule has 10 heteroatoms. The number of hydrogen-bond acceptors (Lipinski definition) is 6. The lowest BCUT2D eigenvalue weighted by molar-refractivity contribution is -0.143. The Hall–Kier alpha value is -3.43. The maximum atomic E-state index is 12.7. The maximum absolute atomic E-state index is 12.7. The number of anilines is 1. The minimum absolute atomic E-state index is 0.0260. The highest BCUT2D eigenvalue weighted by Gasteiger charge is 2.45. The summed E-state index contributed by atoms with van der Waals surface area (Å²) >= 11 is 0. The van der Waals surface area contributed by atoms with Gasteiger partial charge in [0.15, 0.2) is 6.10 Å². The highest BCUT2D eigenvalue weighted by atomic mass is 16.5. The molecule has 1 saturated heterocycles. The largest absolute Gasteiger partial charge is 0.477 e. The topological polar surface area (TPSA) is 130 Å². The Morgan fingerprint density at radius 1 is 1.15 bits per heavy atom. The number of nitrogens with two attached hydrogens (primary N) is 1. The summed E-state index contributed by atoms with van der Waals surface area (Å²) in [7, 11) is 0. The number of para-hydroxylation sites is 2. The third kappa shape index (κ3) is 2.75. The van der Waals surface area contributed by atoms with Crippen molar-refractivity contribution in [1.82, 2.24) is 9.80 Å². The van der Waals surface area contributed by atoms with Crippen molar-refractivity contribution < 1.29 is 28.7 Å². The molecule has 1 aromatic carbocycles. The molecule has 0 spiro atoms. The Morgan fingerprint density at radius 3 is 2.42 bits per heavy atom. The van der Waals surface area contributed by atoms with Gasteiger partial charge in [0.2, 0.25) is 5.91 Å². The fourth-order valence-electron chi connectivity index (χ4n) is 2.81. The number of hydrogen-bond donors (Lipinski definition) is 1. The molecule has 3 rings (SSSR count). The van der Waals surface area contributed by atoms with Crippen molar-refractivity contribution in [1.29, 1.82) is 0 Å². The molecular formula is C16H16N4O6. The number of carbonyl (C=O) groups is 5. The Morgan fingerprint density at radius 2 is 1.81 bits per heavy atom. The zero-order valence-corrected chi connectivity index (χ0v) is 13.9. The summed E-state index contributed by atoms with van der Waals surface area (Å²) in [6, 6.07) is 5.65. The van der Waals surface area contributed by atoms with Gasteiger partial charge in [0.25, 0.3) is 5.91 Å². The predicted octanol–water partition coefficient (Wildman–Crippen LogP) is -0.923. The highest BCUT2D eigenvalue weighted by Crippen LogP contribution is 2.33. The van der Waals surface area contributed by atoms with Crippen LogP contribution >= 0.6 is 0 Å². The molecular weight excluding hydrogens is 344 g/mol. The molecule has 1 atom stereocenters. The lowest BCUT2D eigenvalue weighted by atomic mass is 10.1. The first-order valence-electron chi connectivity index (χ1n) is 7.87. The van der Waals surface area contributed by atoms with Gasteiger partial charge >= 0.3 is 17.8 Å². The van der Waals surface area contributed by atoms with Crippen molar-refractivity contribution in [2.24, 2.45) is 5.73 Å². The average Bonchev–Trinajstić information content (AvgIpc) is 2.83. The zero-order chi connectivity index (χ0) is 19.0. The smallest absolute Gasteiger partial charge is 0.334 e. The number of imide groups is 2. The number of urea groups is 1. The Balaban J connectivity index is 1.85. The van der Waals surface area contributed by atoms with Crippen molar-refractivity contribution in [2.45, 2.75) is 13.0 Å². The third-order valence-electron chi connectivity index (χ3n) is 4.14. The minimum Gasteiger partial charge on any atom is -0.477 e. The van der Waals surface area contributed by atoms with Crippen LogP contribution in [0.3, 0.4) is 0 Å². The molecule has 2 aliphatic rings. The van der Waals surface area contributed by atoms with E-state index in [0.717, 1.165) is 4.90 Å². The van der Waals surface area contributed by atoms with Crippen LogP contribution in [0.4, 0.5) is 10.5 Å². The first-order valence-corrected chi connectivity index (χ1v) is 7.87. The number of amides is 6. The van der Waals surface area contributed by atoms with E-state index in [1.54, 1.807) is 31.2 Å². The van der Waals surface area contributed by atoms with Crippen LogP contribution in [0, 0.1) is 0 Å². The lowest BCUT2D eigenvalue weighted by Gasteiger charge is -2.34. The van der Waals surface area contributed by atoms with E-state index in [2.05, 4.69) is 0 Å². The number of primary amides is 1. The number of likely N-dealkylation sites (N-methyl/N-ethyl adjacent to an activating group) is 1. The second-order valence-corrected chi connectivity index (χ2v) is 5.70. The molecule has 1 aromatic rings. The normalized spacial score (nSPS) is 19.5. The molecule has 26 heavy (non-hydrogen) atoms. The first-order chi connectivity index (χ1) is 12.3. The van der Waals surface area contributed by atoms with Crippen molar-refractivity contribution in [3.8, 4) is 5.75 Å². The molecule has 0 aliphatic carbocycles. The van der Waals surface area contributed by atoms with Gasteiger partial charge in [0.05, 0.1) is 12.2 Å². The first kappa shape index (κ1) is 17.4. The summed E-state index contributed by atoms with van der Waals surface area (Å²) in [5, 5.41) is 0. The summed E-state index contributed by atoms with van der Waals surface area (Å²) < 4.78 is 5.46. The van der Waals surface area contributed by atoms with Crippen LogP contribution < -0.4 is 15.4 Å². The third-order valence-corrected chi connectivity index (χ3v) is 4.14. The van der Waals surface area contributed by atoms with Crippen molar-refractivity contribution in [2.75, 3.05) is 24.5 Å². The van der Waals surface area contributed by atoms with E-state index < -0.39 is 42.3 Å². The van der Waals surface area contributed by atoms with E-state index in [4.69, 9.17) is 10.5 Å². The lowest BCUT2D eigenvalue weighted by Crippen LogP contribution is -2.52. The average molecular weight is 360 g/mol. The fraction of sp³-hybridized carbons (Fsp3) is 0.312. The number of carbonyl (C=O) groups excluding carboxylic acids is 5. The molecule has 1 fully saturated rings. The van der Waals surface area contributed by atoms with Gasteiger partial charge in [0.1, 0.15) is 12.3 Å². The van der Waals surface area contributed by atoms with E-state index in [1.807, 2.05) is 0 Å². The molecule has 10 nitrogen and oxygen atoms in total. The molecule has 2 heterocycles. The van der Waals surface area contributed by atoms with Crippen molar-refractivity contribution >= 4 is 35.3 Å². The van der Waals surface area contributed by atoms with Crippen molar-refractivity contribution in [3.63, 3.8) is 0 Å². The van der Waals surface area contributed by atoms with Gasteiger partial charge in [-0.05, 0) is 19.1 Å². The van der Waals surface area contributed by atoms with E-state index in [1.165, 1.54) is 4.90 Å². The second-order valence-electron chi connectivity index (χ2n) is 5.70. The van der Waals surface area contributed by atoms with Gasteiger partial charge in [-0.1, -0.05) is 12.1 Å². The van der Waals surface area contributed by atoms with Gasteiger partial charge in [-0.15, -0.1) is 0 Å². The van der Waals surface area contributed by atoms with Gasteiger partial charge in [-0.25, -0.2) is 9.69 Å². The molecule has 136 valence electrons. The predicted molar refractivity (Wildman–Crippen MR) is 86.9 cm³/mol. The molecule has 6 amide bonds. The number of fused-ring (bicyclic) bond motifs is 1. The minimum atomic E-state index is -1.06. The van der Waals surface area contributed by atoms with Crippen LogP contribution in [-0.4, -0.2) is 65.2 Å². The van der Waals surface area contributed by atoms with E-state index in [9.17, 15) is 24.0 Å². The number of ether oxygens (including phenoxy) is 1. The van der Waals surface area contributed by atoms with Gasteiger partial charge in [-0.2, -0.15) is 0 Å². The van der Waals surface area contributed by atoms with E-state index in [0.29, 0.717) is 10.6 Å². The molecule has 0 aromatic heterocycles. The summed E-state index contributed by atoms with van der Waals surface area (Å²) in [4.78, 5) is 62.6. The molecule has 0 bridgehead atoms. The van der Waals surface area contributed by atoms with Crippen LogP contribution in [0.5, 0.6) is 5.75 Å². The van der Waals surface area contributed by atoms with Crippen LogP contribution in [-0.2, 0) is 19.2 Å². The Labute approximate surface area is 148 Å². The molecule has 0 saturated carbocycles. The summed E-state index contributed by atoms with van der Waals surface area (Å²) in [6.45, 7) is 0.787.